The molecule has 5 heteroatoms. The van der Waals surface area contributed by atoms with Gasteiger partial charge in [0.2, 0.25) is 5.91 Å². The fourth-order valence-corrected chi connectivity index (χ4v) is 9.34. The number of amides is 1. The molecule has 200 valence electrons. The van der Waals surface area contributed by atoms with E-state index >= 15 is 0 Å². The Bertz CT molecular complexity index is 968. The number of nitrogens with one attached hydrogen (secondary N) is 1. The van der Waals surface area contributed by atoms with Crippen molar-refractivity contribution in [3.05, 3.63) is 23.0 Å². The summed E-state index contributed by atoms with van der Waals surface area (Å²) in [6.45, 7) is 13.5. The Morgan fingerprint density at radius 2 is 1.97 bits per heavy atom. The molecule has 0 bridgehead atoms. The fourth-order valence-electron chi connectivity index (χ4n) is 9.34. The van der Waals surface area contributed by atoms with Crippen molar-refractivity contribution in [2.75, 3.05) is 6.54 Å². The monoisotopic (exact) mass is 497 g/mol. The van der Waals surface area contributed by atoms with E-state index < -0.39 is 0 Å². The summed E-state index contributed by atoms with van der Waals surface area (Å²) in [7, 11) is 0. The summed E-state index contributed by atoms with van der Waals surface area (Å²) in [5, 5.41) is 2.95. The summed E-state index contributed by atoms with van der Waals surface area (Å²) in [5.41, 5.74) is 3.66. The molecule has 36 heavy (non-hydrogen) atoms. The van der Waals surface area contributed by atoms with Gasteiger partial charge in [-0.1, -0.05) is 32.4 Å². The van der Waals surface area contributed by atoms with Crippen LogP contribution in [0.15, 0.2) is 23.0 Å². The first-order valence-corrected chi connectivity index (χ1v) is 14.5. The molecule has 0 radical (unpaired) electrons. The van der Waals surface area contributed by atoms with E-state index in [0.29, 0.717) is 23.4 Å². The van der Waals surface area contributed by atoms with Crippen molar-refractivity contribution in [3.63, 3.8) is 0 Å². The maximum Gasteiger partial charge on any atom is 0.302 e. The molecule has 0 unspecified atom stereocenters. The minimum Gasteiger partial charge on any atom is -0.494 e. The third-order valence-corrected chi connectivity index (χ3v) is 11.2. The van der Waals surface area contributed by atoms with Gasteiger partial charge in [0.05, 0.1) is 5.76 Å². The van der Waals surface area contributed by atoms with Gasteiger partial charge in [0.25, 0.3) is 0 Å². The average Bonchev–Trinajstić information content (AvgIpc) is 3.29. The van der Waals surface area contributed by atoms with Gasteiger partial charge in [-0.25, -0.2) is 0 Å². The molecular weight excluding hydrogens is 450 g/mol. The molecule has 0 aromatic carbocycles. The fraction of sp³-hybridized carbons (Fsp3) is 0.806. The molecule has 1 heterocycles. The summed E-state index contributed by atoms with van der Waals surface area (Å²) in [5.74, 6) is 4.37. The molecule has 0 spiro atoms. The van der Waals surface area contributed by atoms with Gasteiger partial charge in [-0.15, -0.1) is 0 Å². The Hall–Kier alpha value is -1.78. The highest BCUT2D eigenvalue weighted by Gasteiger charge is 2.63. The zero-order valence-corrected chi connectivity index (χ0v) is 23.3. The number of carbonyl (C=O) groups excluding carboxylic acids is 2. The van der Waals surface area contributed by atoms with Crippen LogP contribution in [0.3, 0.4) is 0 Å². The summed E-state index contributed by atoms with van der Waals surface area (Å²) in [6, 6.07) is 0. The molecule has 5 nitrogen and oxygen atoms in total. The Morgan fingerprint density at radius 1 is 1.19 bits per heavy atom. The van der Waals surface area contributed by atoms with Crippen LogP contribution >= 0.6 is 0 Å². The number of hydrogen-bond acceptors (Lipinski definition) is 4. The lowest BCUT2D eigenvalue weighted by atomic mass is 9.47. The highest BCUT2D eigenvalue weighted by molar-refractivity contribution is 5.72. The summed E-state index contributed by atoms with van der Waals surface area (Å²) in [4.78, 5) is 22.8. The quantitative estimate of drug-likeness (QED) is 0.344. The lowest BCUT2D eigenvalue weighted by Gasteiger charge is -2.58. The predicted octanol–water partition coefficient (Wildman–Crippen LogP) is 6.33. The molecule has 5 rings (SSSR count). The number of esters is 1. The first-order chi connectivity index (χ1) is 17.0. The van der Waals surface area contributed by atoms with Crippen LogP contribution in [0.5, 0.6) is 0 Å². The van der Waals surface area contributed by atoms with Crippen molar-refractivity contribution in [1.29, 1.82) is 0 Å². The number of hydrogen-bond donors (Lipinski definition) is 1. The van der Waals surface area contributed by atoms with Crippen LogP contribution in [0.1, 0.15) is 99.3 Å². The molecule has 0 aromatic rings. The molecule has 0 saturated heterocycles. The third-order valence-electron chi connectivity index (χ3n) is 11.2. The van der Waals surface area contributed by atoms with Crippen LogP contribution in [-0.4, -0.2) is 30.6 Å². The van der Waals surface area contributed by atoms with Crippen LogP contribution in [-0.2, 0) is 19.1 Å². The largest absolute Gasteiger partial charge is 0.494 e. The van der Waals surface area contributed by atoms with Crippen molar-refractivity contribution in [1.82, 2.24) is 5.32 Å². The van der Waals surface area contributed by atoms with E-state index in [-0.39, 0.29) is 23.4 Å². The second kappa shape index (κ2) is 9.51. The van der Waals surface area contributed by atoms with Crippen LogP contribution < -0.4 is 5.32 Å². The van der Waals surface area contributed by atoms with Gasteiger partial charge in [-0.05, 0) is 91.9 Å². The van der Waals surface area contributed by atoms with Gasteiger partial charge in [0.1, 0.15) is 12.2 Å². The van der Waals surface area contributed by atoms with Crippen molar-refractivity contribution in [2.24, 2.45) is 40.4 Å². The number of fused-ring (bicyclic) bond motifs is 7. The second-order valence-corrected chi connectivity index (χ2v) is 13.3. The normalized spacial score (nSPS) is 41.8. The summed E-state index contributed by atoms with van der Waals surface area (Å²) < 4.78 is 12.3. The van der Waals surface area contributed by atoms with Crippen molar-refractivity contribution < 1.29 is 19.1 Å². The minimum absolute atomic E-state index is 0.0504. The highest BCUT2D eigenvalue weighted by Crippen LogP contribution is 2.69. The molecule has 4 aliphatic carbocycles. The molecule has 3 fully saturated rings. The lowest BCUT2D eigenvalue weighted by Crippen LogP contribution is -2.50. The van der Waals surface area contributed by atoms with Gasteiger partial charge in [-0.2, -0.15) is 0 Å². The van der Waals surface area contributed by atoms with E-state index in [1.807, 2.05) is 0 Å². The van der Waals surface area contributed by atoms with Crippen molar-refractivity contribution in [2.45, 2.75) is 112 Å². The first kappa shape index (κ1) is 25.9. The molecule has 3 saturated carbocycles. The molecule has 9 atom stereocenters. The van der Waals surface area contributed by atoms with Crippen LogP contribution in [0.25, 0.3) is 0 Å². The Balaban J connectivity index is 1.29. The topological polar surface area (TPSA) is 64.6 Å². The maximum absolute atomic E-state index is 11.5. The van der Waals surface area contributed by atoms with E-state index in [9.17, 15) is 9.59 Å². The minimum atomic E-state index is -0.145. The average molecular weight is 498 g/mol. The van der Waals surface area contributed by atoms with E-state index in [2.05, 4.69) is 39.1 Å². The Kier molecular flexibility index (Phi) is 6.83. The molecule has 1 aliphatic heterocycles. The van der Waals surface area contributed by atoms with E-state index in [4.69, 9.17) is 9.47 Å². The van der Waals surface area contributed by atoms with Crippen molar-refractivity contribution in [3.8, 4) is 0 Å². The number of carbonyl (C=O) groups is 2. The number of rotatable bonds is 6. The van der Waals surface area contributed by atoms with Crippen molar-refractivity contribution >= 4 is 11.9 Å². The standard InChI is InChI=1S/C31H47NO4/c1-18(17-32-20(3)33)7-10-27-19(2)29-28(36-27)16-26-24-9-8-22-15-23(35-21(4)34)11-13-30(22,5)25(24)12-14-31(26,29)6/h8,18,23-26,28-29H,7,9-17H2,1-6H3,(H,32,33)/t18-,23+,24-,25-,26-,28+,29-,30+,31+/m1/s1. The Labute approximate surface area is 217 Å². The van der Waals surface area contributed by atoms with E-state index in [0.717, 1.165) is 56.4 Å². The van der Waals surface area contributed by atoms with Gasteiger partial charge in [0.15, 0.2) is 0 Å². The smallest absolute Gasteiger partial charge is 0.302 e. The highest BCUT2D eigenvalue weighted by atomic mass is 16.5. The Morgan fingerprint density at radius 3 is 2.69 bits per heavy atom. The summed E-state index contributed by atoms with van der Waals surface area (Å²) in [6.07, 6.45) is 13.0. The molecule has 1 amide bonds. The zero-order chi connectivity index (χ0) is 25.8. The SMILES string of the molecule is CC(=O)NC[C@H](C)CCC1=C(C)[C@@H]2[C@H](C[C@@H]3[C@@H]4CC=C5C[C@@H](OC(C)=O)CC[C@]5(C)[C@@H]4CC[C@@]32C)O1. The van der Waals surface area contributed by atoms with Crippen LogP contribution in [0, 0.1) is 40.4 Å². The second-order valence-electron chi connectivity index (χ2n) is 13.3. The maximum atomic E-state index is 11.5. The van der Waals surface area contributed by atoms with Gasteiger partial charge in [0, 0.05) is 39.2 Å². The van der Waals surface area contributed by atoms with E-state index in [1.54, 1.807) is 12.5 Å². The third kappa shape index (κ3) is 4.32. The van der Waals surface area contributed by atoms with Gasteiger partial charge in [-0.3, -0.25) is 9.59 Å². The van der Waals surface area contributed by atoms with Gasteiger partial charge < -0.3 is 14.8 Å². The van der Waals surface area contributed by atoms with Gasteiger partial charge >= 0.3 is 5.97 Å². The predicted molar refractivity (Wildman–Crippen MR) is 141 cm³/mol. The lowest BCUT2D eigenvalue weighted by molar-refractivity contribution is -0.148. The molecular formula is C31H47NO4. The van der Waals surface area contributed by atoms with Crippen LogP contribution in [0.4, 0.5) is 0 Å². The number of allylic oxidation sites excluding steroid dienone is 2. The molecule has 5 aliphatic rings. The number of ether oxygens (including phenoxy) is 2. The first-order valence-electron chi connectivity index (χ1n) is 14.5. The van der Waals surface area contributed by atoms with Crippen LogP contribution in [0.2, 0.25) is 0 Å². The zero-order valence-electron chi connectivity index (χ0n) is 23.3. The summed E-state index contributed by atoms with van der Waals surface area (Å²) >= 11 is 0. The molecule has 0 aromatic heterocycles. The molecule has 1 N–H and O–H groups in total. The van der Waals surface area contributed by atoms with E-state index in [1.165, 1.54) is 43.9 Å².